The molecule has 0 unspecified atom stereocenters. The minimum absolute atomic E-state index is 0.255. The van der Waals surface area contributed by atoms with Crippen molar-refractivity contribution in [1.82, 2.24) is 19.5 Å². The topological polar surface area (TPSA) is 91.0 Å². The Morgan fingerprint density at radius 2 is 1.92 bits per heavy atom. The summed E-state index contributed by atoms with van der Waals surface area (Å²) in [5.74, 6) is 0. The third-order valence-corrected chi connectivity index (χ3v) is 6.64. The molecule has 2 N–H and O–H groups in total. The molecule has 1 saturated heterocycles. The van der Waals surface area contributed by atoms with Crippen molar-refractivity contribution in [3.8, 4) is 0 Å². The highest BCUT2D eigenvalue weighted by Crippen LogP contribution is 2.26. The predicted molar refractivity (Wildman–Crippen MR) is 92.4 cm³/mol. The Morgan fingerprint density at radius 3 is 2.50 bits per heavy atom. The van der Waals surface area contributed by atoms with Crippen LogP contribution in [0.4, 0.5) is 5.69 Å². The normalized spacial score (nSPS) is 17.1. The fourth-order valence-corrected chi connectivity index (χ4v) is 4.95. The van der Waals surface area contributed by atoms with Crippen molar-refractivity contribution in [3.63, 3.8) is 0 Å². The van der Waals surface area contributed by atoms with Crippen molar-refractivity contribution < 1.29 is 8.42 Å². The summed E-state index contributed by atoms with van der Waals surface area (Å²) in [6.45, 7) is 6.43. The number of hydrogen-bond acceptors (Lipinski definition) is 5. The van der Waals surface area contributed by atoms with E-state index in [1.54, 1.807) is 24.3 Å². The smallest absolute Gasteiger partial charge is 0.246 e. The van der Waals surface area contributed by atoms with Gasteiger partial charge in [-0.15, -0.1) is 0 Å². The van der Waals surface area contributed by atoms with Crippen LogP contribution in [-0.2, 0) is 10.0 Å². The highest BCUT2D eigenvalue weighted by Gasteiger charge is 2.32. The van der Waals surface area contributed by atoms with Crippen molar-refractivity contribution >= 4 is 15.7 Å². The molecule has 3 rings (SSSR count). The maximum absolute atomic E-state index is 12.8. The summed E-state index contributed by atoms with van der Waals surface area (Å²) in [7, 11) is -3.49. The molecule has 3 heterocycles. The van der Waals surface area contributed by atoms with Gasteiger partial charge in [-0.05, 0) is 45.7 Å². The first-order valence-electron chi connectivity index (χ1n) is 8.09. The van der Waals surface area contributed by atoms with Gasteiger partial charge in [0.1, 0.15) is 4.90 Å². The van der Waals surface area contributed by atoms with Crippen LogP contribution in [0.1, 0.15) is 29.9 Å². The SMILES string of the molecule is Cc1ncccc1NC1CCN(S(=O)(=O)c2c(C)n[nH]c2C)CC1. The molecule has 0 radical (unpaired) electrons. The number of H-pyrrole nitrogens is 1. The summed E-state index contributed by atoms with van der Waals surface area (Å²) >= 11 is 0. The molecule has 2 aromatic heterocycles. The molecule has 24 heavy (non-hydrogen) atoms. The Bertz CT molecular complexity index is 803. The van der Waals surface area contributed by atoms with Gasteiger partial charge in [0.05, 0.1) is 22.8 Å². The largest absolute Gasteiger partial charge is 0.381 e. The molecule has 0 atom stereocenters. The lowest BCUT2D eigenvalue weighted by Crippen LogP contribution is -2.42. The fourth-order valence-electron chi connectivity index (χ4n) is 3.15. The molecule has 8 heteroatoms. The van der Waals surface area contributed by atoms with Crippen LogP contribution in [0, 0.1) is 20.8 Å². The molecular formula is C16H23N5O2S. The third kappa shape index (κ3) is 3.16. The van der Waals surface area contributed by atoms with Gasteiger partial charge in [0.2, 0.25) is 10.0 Å². The van der Waals surface area contributed by atoms with Gasteiger partial charge in [-0.25, -0.2) is 8.42 Å². The summed E-state index contributed by atoms with van der Waals surface area (Å²) in [5.41, 5.74) is 3.09. The highest BCUT2D eigenvalue weighted by molar-refractivity contribution is 7.89. The van der Waals surface area contributed by atoms with Crippen LogP contribution in [0.15, 0.2) is 23.2 Å². The molecule has 0 aliphatic carbocycles. The van der Waals surface area contributed by atoms with E-state index in [4.69, 9.17) is 0 Å². The first-order chi connectivity index (χ1) is 11.4. The molecule has 0 aromatic carbocycles. The zero-order chi connectivity index (χ0) is 17.3. The first kappa shape index (κ1) is 16.9. The lowest BCUT2D eigenvalue weighted by Gasteiger charge is -2.32. The van der Waals surface area contributed by atoms with Crippen molar-refractivity contribution in [1.29, 1.82) is 0 Å². The van der Waals surface area contributed by atoms with Gasteiger partial charge in [-0.2, -0.15) is 9.40 Å². The van der Waals surface area contributed by atoms with Gasteiger partial charge < -0.3 is 5.32 Å². The van der Waals surface area contributed by atoms with E-state index in [1.165, 1.54) is 0 Å². The number of sulfonamides is 1. The molecule has 1 fully saturated rings. The number of aromatic amines is 1. The number of aryl methyl sites for hydroxylation is 3. The highest BCUT2D eigenvalue weighted by atomic mass is 32.2. The van der Waals surface area contributed by atoms with Crippen molar-refractivity contribution in [2.45, 2.75) is 44.6 Å². The maximum Gasteiger partial charge on any atom is 0.246 e. The fraction of sp³-hybridized carbons (Fsp3) is 0.500. The molecule has 7 nitrogen and oxygen atoms in total. The maximum atomic E-state index is 12.8. The van der Waals surface area contributed by atoms with E-state index >= 15 is 0 Å². The molecule has 0 bridgehead atoms. The van der Waals surface area contributed by atoms with E-state index in [-0.39, 0.29) is 6.04 Å². The molecule has 0 amide bonds. The Labute approximate surface area is 142 Å². The number of piperidine rings is 1. The number of aromatic nitrogens is 3. The summed E-state index contributed by atoms with van der Waals surface area (Å²) in [5, 5.41) is 10.2. The minimum Gasteiger partial charge on any atom is -0.381 e. The molecule has 0 spiro atoms. The lowest BCUT2D eigenvalue weighted by atomic mass is 10.1. The quantitative estimate of drug-likeness (QED) is 0.881. The van der Waals surface area contributed by atoms with Crippen LogP contribution in [-0.4, -0.2) is 47.0 Å². The molecule has 1 aliphatic rings. The zero-order valence-electron chi connectivity index (χ0n) is 14.2. The second-order valence-corrected chi connectivity index (χ2v) is 8.10. The zero-order valence-corrected chi connectivity index (χ0v) is 15.0. The van der Waals surface area contributed by atoms with Gasteiger partial charge in [0, 0.05) is 25.3 Å². The van der Waals surface area contributed by atoms with E-state index in [9.17, 15) is 8.42 Å². The summed E-state index contributed by atoms with van der Waals surface area (Å²) in [4.78, 5) is 4.59. The number of anilines is 1. The van der Waals surface area contributed by atoms with Crippen LogP contribution in [0.5, 0.6) is 0 Å². The molecule has 0 saturated carbocycles. The Hall–Kier alpha value is -1.93. The van der Waals surface area contributed by atoms with Crippen LogP contribution < -0.4 is 5.32 Å². The minimum atomic E-state index is -3.49. The summed E-state index contributed by atoms with van der Waals surface area (Å²) in [6, 6.07) is 4.16. The predicted octanol–water partition coefficient (Wildman–Crippen LogP) is 2.00. The van der Waals surface area contributed by atoms with Gasteiger partial charge in [-0.3, -0.25) is 10.1 Å². The number of rotatable bonds is 4. The number of pyridine rings is 1. The second-order valence-electron chi connectivity index (χ2n) is 6.22. The molecule has 2 aromatic rings. The van der Waals surface area contributed by atoms with E-state index in [0.29, 0.717) is 29.4 Å². The van der Waals surface area contributed by atoms with Crippen LogP contribution >= 0.6 is 0 Å². The molecule has 1 aliphatic heterocycles. The van der Waals surface area contributed by atoms with Gasteiger partial charge in [-0.1, -0.05) is 0 Å². The van der Waals surface area contributed by atoms with Gasteiger partial charge in [0.15, 0.2) is 0 Å². The Kier molecular flexibility index (Phi) is 4.60. The van der Waals surface area contributed by atoms with Crippen molar-refractivity contribution in [2.24, 2.45) is 0 Å². The average molecular weight is 349 g/mol. The van der Waals surface area contributed by atoms with Crippen LogP contribution in [0.2, 0.25) is 0 Å². The summed E-state index contributed by atoms with van der Waals surface area (Å²) in [6.07, 6.45) is 3.30. The van der Waals surface area contributed by atoms with Crippen LogP contribution in [0.25, 0.3) is 0 Å². The monoisotopic (exact) mass is 349 g/mol. The van der Waals surface area contributed by atoms with E-state index in [1.807, 2.05) is 19.1 Å². The number of nitrogens with one attached hydrogen (secondary N) is 2. The number of nitrogens with zero attached hydrogens (tertiary/aromatic N) is 3. The van der Waals surface area contributed by atoms with Gasteiger partial charge >= 0.3 is 0 Å². The van der Waals surface area contributed by atoms with Crippen LogP contribution in [0.3, 0.4) is 0 Å². The summed E-state index contributed by atoms with van der Waals surface area (Å²) < 4.78 is 27.3. The number of hydrogen-bond donors (Lipinski definition) is 2. The standard InChI is InChI=1S/C16H23N5O2S/c1-11-15(5-4-8-17-11)18-14-6-9-21(10-7-14)24(22,23)16-12(2)19-20-13(16)3/h4-5,8,14,18H,6-7,9-10H2,1-3H3,(H,19,20). The molecular weight excluding hydrogens is 326 g/mol. The Balaban J connectivity index is 1.68. The second kappa shape index (κ2) is 6.52. The van der Waals surface area contributed by atoms with E-state index in [0.717, 1.165) is 24.2 Å². The van der Waals surface area contributed by atoms with Gasteiger partial charge in [0.25, 0.3) is 0 Å². The average Bonchev–Trinajstić information content (AvgIpc) is 2.89. The van der Waals surface area contributed by atoms with Crippen molar-refractivity contribution in [2.75, 3.05) is 18.4 Å². The Morgan fingerprint density at radius 1 is 1.21 bits per heavy atom. The van der Waals surface area contributed by atoms with E-state index in [2.05, 4.69) is 20.5 Å². The third-order valence-electron chi connectivity index (χ3n) is 4.48. The molecule has 130 valence electrons. The van der Waals surface area contributed by atoms with E-state index < -0.39 is 10.0 Å². The lowest BCUT2D eigenvalue weighted by molar-refractivity contribution is 0.329. The first-order valence-corrected chi connectivity index (χ1v) is 9.53. The van der Waals surface area contributed by atoms with Crippen molar-refractivity contribution in [3.05, 3.63) is 35.4 Å².